The summed E-state index contributed by atoms with van der Waals surface area (Å²) in [5.41, 5.74) is 3.13. The Hall–Kier alpha value is -1.90. The van der Waals surface area contributed by atoms with Gasteiger partial charge in [-0.25, -0.2) is 4.79 Å². The normalized spacial score (nSPS) is 19.4. The monoisotopic (exact) mass is 258 g/mol. The quantitative estimate of drug-likeness (QED) is 0.605. The standard InChI is InChI=1S/C16H18O3/c1-3-19-16(18)15-11(2)13-9-5-4-7-12(13)8-6-10-14(15)17/h4-5,7,9H,3,6,8,10H2,1-2H3/b15-11+. The Morgan fingerprint density at radius 1 is 1.26 bits per heavy atom. The molecule has 100 valence electrons. The highest BCUT2D eigenvalue weighted by Crippen LogP contribution is 2.28. The van der Waals surface area contributed by atoms with Crippen LogP contribution in [0.5, 0.6) is 0 Å². The molecule has 0 N–H and O–H groups in total. The van der Waals surface area contributed by atoms with Crippen LogP contribution in [-0.2, 0) is 20.7 Å². The number of carbonyl (C=O) groups excluding carboxylic acids is 2. The van der Waals surface area contributed by atoms with Crippen molar-refractivity contribution in [2.45, 2.75) is 33.1 Å². The van der Waals surface area contributed by atoms with Crippen LogP contribution in [0.25, 0.3) is 5.57 Å². The topological polar surface area (TPSA) is 43.4 Å². The van der Waals surface area contributed by atoms with Crippen molar-refractivity contribution in [3.8, 4) is 0 Å². The third kappa shape index (κ3) is 2.75. The van der Waals surface area contributed by atoms with E-state index in [-0.39, 0.29) is 18.0 Å². The van der Waals surface area contributed by atoms with Crippen LogP contribution in [0, 0.1) is 0 Å². The number of allylic oxidation sites excluding steroid dienone is 1. The number of hydrogen-bond acceptors (Lipinski definition) is 3. The molecule has 0 saturated carbocycles. The van der Waals surface area contributed by atoms with E-state index in [4.69, 9.17) is 4.74 Å². The minimum atomic E-state index is -0.498. The van der Waals surface area contributed by atoms with Gasteiger partial charge in [0.15, 0.2) is 5.78 Å². The summed E-state index contributed by atoms with van der Waals surface area (Å²) in [7, 11) is 0. The molecule has 3 nitrogen and oxygen atoms in total. The molecule has 0 bridgehead atoms. The third-order valence-electron chi connectivity index (χ3n) is 3.40. The van der Waals surface area contributed by atoms with Crippen LogP contribution in [0.1, 0.15) is 37.8 Å². The van der Waals surface area contributed by atoms with E-state index in [0.29, 0.717) is 6.42 Å². The van der Waals surface area contributed by atoms with E-state index in [1.165, 1.54) is 5.56 Å². The van der Waals surface area contributed by atoms with Gasteiger partial charge in [0.25, 0.3) is 0 Å². The lowest BCUT2D eigenvalue weighted by Gasteiger charge is -2.17. The van der Waals surface area contributed by atoms with Crippen molar-refractivity contribution in [3.63, 3.8) is 0 Å². The number of rotatable bonds is 2. The molecule has 1 aliphatic rings. The third-order valence-corrected chi connectivity index (χ3v) is 3.40. The molecule has 1 aromatic carbocycles. The fourth-order valence-electron chi connectivity index (χ4n) is 2.48. The molecule has 0 unspecified atom stereocenters. The Morgan fingerprint density at radius 3 is 2.74 bits per heavy atom. The van der Waals surface area contributed by atoms with E-state index in [1.807, 2.05) is 25.1 Å². The zero-order valence-corrected chi connectivity index (χ0v) is 11.4. The fraction of sp³-hybridized carbons (Fsp3) is 0.375. The molecule has 0 fully saturated rings. The van der Waals surface area contributed by atoms with Gasteiger partial charge in [0, 0.05) is 6.42 Å². The minimum Gasteiger partial charge on any atom is -0.462 e. The Bertz CT molecular complexity index is 541. The second-order valence-corrected chi connectivity index (χ2v) is 4.65. The van der Waals surface area contributed by atoms with Crippen molar-refractivity contribution in [1.29, 1.82) is 0 Å². The smallest absolute Gasteiger partial charge is 0.342 e. The lowest BCUT2D eigenvalue weighted by molar-refractivity contribution is -0.139. The van der Waals surface area contributed by atoms with Crippen LogP contribution in [0.15, 0.2) is 29.8 Å². The predicted molar refractivity (Wildman–Crippen MR) is 73.6 cm³/mol. The zero-order valence-electron chi connectivity index (χ0n) is 11.4. The van der Waals surface area contributed by atoms with E-state index in [2.05, 4.69) is 6.07 Å². The summed E-state index contributed by atoms with van der Waals surface area (Å²) in [6.07, 6.45) is 2.04. The maximum Gasteiger partial charge on any atom is 0.342 e. The van der Waals surface area contributed by atoms with E-state index in [0.717, 1.165) is 24.0 Å². The number of aryl methyl sites for hydroxylation is 1. The Morgan fingerprint density at radius 2 is 2.00 bits per heavy atom. The number of esters is 1. The van der Waals surface area contributed by atoms with Gasteiger partial charge >= 0.3 is 5.97 Å². The first-order chi connectivity index (χ1) is 9.15. The summed E-state index contributed by atoms with van der Waals surface area (Å²) in [5, 5.41) is 0. The molecular weight excluding hydrogens is 240 g/mol. The van der Waals surface area contributed by atoms with Gasteiger partial charge in [-0.1, -0.05) is 24.3 Å². The van der Waals surface area contributed by atoms with E-state index >= 15 is 0 Å². The van der Waals surface area contributed by atoms with E-state index in [1.54, 1.807) is 6.92 Å². The molecule has 1 aromatic rings. The van der Waals surface area contributed by atoms with Crippen molar-refractivity contribution in [3.05, 3.63) is 41.0 Å². The first-order valence-corrected chi connectivity index (χ1v) is 6.64. The van der Waals surface area contributed by atoms with Gasteiger partial charge < -0.3 is 4.74 Å². The van der Waals surface area contributed by atoms with Crippen LogP contribution in [0.4, 0.5) is 0 Å². The molecule has 0 aromatic heterocycles. The Labute approximate surface area is 113 Å². The first-order valence-electron chi connectivity index (χ1n) is 6.64. The predicted octanol–water partition coefficient (Wildman–Crippen LogP) is 2.93. The zero-order chi connectivity index (χ0) is 13.8. The Balaban J connectivity index is 2.56. The van der Waals surface area contributed by atoms with Crippen LogP contribution in [-0.4, -0.2) is 18.4 Å². The molecule has 0 heterocycles. The molecule has 0 amide bonds. The second kappa shape index (κ2) is 5.83. The lowest BCUT2D eigenvalue weighted by Crippen LogP contribution is -2.19. The summed E-state index contributed by atoms with van der Waals surface area (Å²) in [6, 6.07) is 7.93. The summed E-state index contributed by atoms with van der Waals surface area (Å²) < 4.78 is 5.02. The highest BCUT2D eigenvalue weighted by atomic mass is 16.5. The molecule has 3 heteroatoms. The molecule has 0 aliphatic heterocycles. The number of carbonyl (C=O) groups is 2. The number of fused-ring (bicyclic) bond motifs is 1. The number of hydrogen-bond donors (Lipinski definition) is 0. The number of ether oxygens (including phenoxy) is 1. The SMILES string of the molecule is CCOC(=O)/C1=C(\C)c2ccccc2CCCC1=O. The van der Waals surface area contributed by atoms with Crippen LogP contribution in [0.2, 0.25) is 0 Å². The van der Waals surface area contributed by atoms with Crippen molar-refractivity contribution in [2.24, 2.45) is 0 Å². The van der Waals surface area contributed by atoms with Gasteiger partial charge in [0.05, 0.1) is 6.61 Å². The van der Waals surface area contributed by atoms with Crippen LogP contribution >= 0.6 is 0 Å². The van der Waals surface area contributed by atoms with Gasteiger partial charge in [-0.3, -0.25) is 4.79 Å². The largest absolute Gasteiger partial charge is 0.462 e. The summed E-state index contributed by atoms with van der Waals surface area (Å²) in [5.74, 6) is -0.604. The first kappa shape index (κ1) is 13.5. The molecule has 1 aliphatic carbocycles. The average molecular weight is 258 g/mol. The van der Waals surface area contributed by atoms with Gasteiger partial charge in [-0.15, -0.1) is 0 Å². The lowest BCUT2D eigenvalue weighted by atomic mass is 9.88. The molecule has 0 radical (unpaired) electrons. The van der Waals surface area contributed by atoms with Gasteiger partial charge in [-0.2, -0.15) is 0 Å². The molecule has 2 rings (SSSR count). The second-order valence-electron chi connectivity index (χ2n) is 4.65. The molecule has 0 atom stereocenters. The van der Waals surface area contributed by atoms with Crippen molar-refractivity contribution >= 4 is 17.3 Å². The van der Waals surface area contributed by atoms with E-state index < -0.39 is 5.97 Å². The van der Waals surface area contributed by atoms with Crippen molar-refractivity contribution < 1.29 is 14.3 Å². The van der Waals surface area contributed by atoms with Crippen LogP contribution in [0.3, 0.4) is 0 Å². The summed E-state index contributed by atoms with van der Waals surface area (Å²) in [4.78, 5) is 24.1. The minimum absolute atomic E-state index is 0.106. The highest BCUT2D eigenvalue weighted by Gasteiger charge is 2.25. The maximum atomic E-state index is 12.1. The van der Waals surface area contributed by atoms with Crippen LogP contribution < -0.4 is 0 Å². The van der Waals surface area contributed by atoms with Gasteiger partial charge in [-0.05, 0) is 43.4 Å². The summed E-state index contributed by atoms with van der Waals surface area (Å²) in [6.45, 7) is 3.86. The average Bonchev–Trinajstić information content (AvgIpc) is 2.38. The van der Waals surface area contributed by atoms with Gasteiger partial charge in [0.1, 0.15) is 5.57 Å². The molecule has 19 heavy (non-hydrogen) atoms. The van der Waals surface area contributed by atoms with Crippen molar-refractivity contribution in [2.75, 3.05) is 6.61 Å². The number of benzene rings is 1. The molecular formula is C16H18O3. The van der Waals surface area contributed by atoms with Gasteiger partial charge in [0.2, 0.25) is 0 Å². The fourth-order valence-corrected chi connectivity index (χ4v) is 2.48. The van der Waals surface area contributed by atoms with Crippen molar-refractivity contribution in [1.82, 2.24) is 0 Å². The van der Waals surface area contributed by atoms with E-state index in [9.17, 15) is 9.59 Å². The molecule has 0 saturated heterocycles. The number of ketones is 1. The molecule has 0 spiro atoms. The maximum absolute atomic E-state index is 12.1. The summed E-state index contributed by atoms with van der Waals surface area (Å²) >= 11 is 0. The number of Topliss-reactive ketones (excluding diaryl/α,β-unsaturated/α-hetero) is 1. The highest BCUT2D eigenvalue weighted by molar-refractivity contribution is 6.22. The Kier molecular flexibility index (Phi) is 4.15.